The number of hydrogen-bond acceptors (Lipinski definition) is 2. The fourth-order valence-corrected chi connectivity index (χ4v) is 1.81. The van der Waals surface area contributed by atoms with E-state index >= 15 is 0 Å². The van der Waals surface area contributed by atoms with Crippen molar-refractivity contribution in [1.29, 1.82) is 0 Å². The normalized spacial score (nSPS) is 27.7. The van der Waals surface area contributed by atoms with Crippen LogP contribution in [0.25, 0.3) is 0 Å². The van der Waals surface area contributed by atoms with Crippen molar-refractivity contribution < 1.29 is 0 Å². The van der Waals surface area contributed by atoms with Crippen LogP contribution in [0.5, 0.6) is 0 Å². The maximum absolute atomic E-state index is 5.70. The van der Waals surface area contributed by atoms with Crippen molar-refractivity contribution in [2.45, 2.75) is 58.0 Å². The van der Waals surface area contributed by atoms with Crippen molar-refractivity contribution in [3.05, 3.63) is 0 Å². The molecule has 0 saturated heterocycles. The maximum atomic E-state index is 5.70. The van der Waals surface area contributed by atoms with Crippen LogP contribution < -0.4 is 11.1 Å². The van der Waals surface area contributed by atoms with Crippen molar-refractivity contribution in [1.82, 2.24) is 5.32 Å². The number of hydrogen-bond donors (Lipinski definition) is 2. The molecule has 0 bridgehead atoms. The third kappa shape index (κ3) is 4.63. The van der Waals surface area contributed by atoms with Gasteiger partial charge < -0.3 is 11.1 Å². The standard InChI is InChI=1S/C11H24N2/c1-9(2)5-3-4-6-13-11-7-10(12)8-11/h9-11,13H,3-8,12H2,1-2H3. The molecule has 0 atom stereocenters. The van der Waals surface area contributed by atoms with Gasteiger partial charge in [0.25, 0.3) is 0 Å². The summed E-state index contributed by atoms with van der Waals surface area (Å²) < 4.78 is 0. The summed E-state index contributed by atoms with van der Waals surface area (Å²) in [4.78, 5) is 0. The molecule has 0 heterocycles. The number of unbranched alkanes of at least 4 members (excludes halogenated alkanes) is 1. The van der Waals surface area contributed by atoms with Crippen molar-refractivity contribution in [3.8, 4) is 0 Å². The molecule has 3 N–H and O–H groups in total. The lowest BCUT2D eigenvalue weighted by atomic mass is 9.87. The Bertz CT molecular complexity index is 128. The molecule has 2 nitrogen and oxygen atoms in total. The van der Waals surface area contributed by atoms with Gasteiger partial charge in [0, 0.05) is 12.1 Å². The van der Waals surface area contributed by atoms with E-state index in [4.69, 9.17) is 5.73 Å². The van der Waals surface area contributed by atoms with Crippen molar-refractivity contribution in [2.24, 2.45) is 11.7 Å². The van der Waals surface area contributed by atoms with Crippen molar-refractivity contribution >= 4 is 0 Å². The Labute approximate surface area is 82.3 Å². The predicted octanol–water partition coefficient (Wildman–Crippen LogP) is 1.89. The zero-order chi connectivity index (χ0) is 9.68. The molecule has 0 unspecified atom stereocenters. The molecule has 0 aromatic heterocycles. The second-order valence-corrected chi connectivity index (χ2v) is 4.77. The van der Waals surface area contributed by atoms with Gasteiger partial charge >= 0.3 is 0 Å². The average Bonchev–Trinajstić information content (AvgIpc) is 1.99. The highest BCUT2D eigenvalue weighted by molar-refractivity contribution is 4.87. The van der Waals surface area contributed by atoms with E-state index in [-0.39, 0.29) is 0 Å². The SMILES string of the molecule is CC(C)CCCCNC1CC(N)C1. The third-order valence-corrected chi connectivity index (χ3v) is 2.82. The highest BCUT2D eigenvalue weighted by Crippen LogP contribution is 2.17. The van der Waals surface area contributed by atoms with Crippen LogP contribution in [0.2, 0.25) is 0 Å². The zero-order valence-corrected chi connectivity index (χ0v) is 9.05. The summed E-state index contributed by atoms with van der Waals surface area (Å²) in [7, 11) is 0. The summed E-state index contributed by atoms with van der Waals surface area (Å²) in [6, 6.07) is 1.21. The summed E-state index contributed by atoms with van der Waals surface area (Å²) in [6.45, 7) is 5.76. The molecule has 1 fully saturated rings. The van der Waals surface area contributed by atoms with Crippen LogP contribution in [0.15, 0.2) is 0 Å². The molecule has 78 valence electrons. The van der Waals surface area contributed by atoms with Gasteiger partial charge in [-0.25, -0.2) is 0 Å². The van der Waals surface area contributed by atoms with Gasteiger partial charge in [0.15, 0.2) is 0 Å². The quantitative estimate of drug-likeness (QED) is 0.619. The lowest BCUT2D eigenvalue weighted by Crippen LogP contribution is -2.48. The number of nitrogens with two attached hydrogens (primary N) is 1. The molecular formula is C11H24N2. The average molecular weight is 184 g/mol. The fraction of sp³-hybridized carbons (Fsp3) is 1.00. The second-order valence-electron chi connectivity index (χ2n) is 4.77. The monoisotopic (exact) mass is 184 g/mol. The van der Waals surface area contributed by atoms with E-state index in [0.717, 1.165) is 12.0 Å². The molecule has 1 aliphatic carbocycles. The molecule has 0 aliphatic heterocycles. The summed E-state index contributed by atoms with van der Waals surface area (Å²) in [5.74, 6) is 0.858. The summed E-state index contributed by atoms with van der Waals surface area (Å²) in [6.07, 6.45) is 6.42. The minimum atomic E-state index is 0.480. The summed E-state index contributed by atoms with van der Waals surface area (Å²) >= 11 is 0. The topological polar surface area (TPSA) is 38.0 Å². The van der Waals surface area contributed by atoms with Gasteiger partial charge in [-0.1, -0.05) is 26.7 Å². The van der Waals surface area contributed by atoms with E-state index < -0.39 is 0 Å². The van der Waals surface area contributed by atoms with Gasteiger partial charge in [0.05, 0.1) is 0 Å². The van der Waals surface area contributed by atoms with Gasteiger partial charge in [0.2, 0.25) is 0 Å². The van der Waals surface area contributed by atoms with Gasteiger partial charge in [-0.3, -0.25) is 0 Å². The largest absolute Gasteiger partial charge is 0.328 e. The first-order chi connectivity index (χ1) is 6.18. The van der Waals surface area contributed by atoms with Crippen molar-refractivity contribution in [2.75, 3.05) is 6.54 Å². The maximum Gasteiger partial charge on any atom is 0.00965 e. The first-order valence-corrected chi connectivity index (χ1v) is 5.67. The lowest BCUT2D eigenvalue weighted by molar-refractivity contribution is 0.290. The molecule has 13 heavy (non-hydrogen) atoms. The second kappa shape index (κ2) is 5.61. The Hall–Kier alpha value is -0.0800. The molecular weight excluding hydrogens is 160 g/mol. The molecule has 0 aromatic carbocycles. The molecule has 1 aliphatic rings. The Kier molecular flexibility index (Phi) is 4.74. The minimum Gasteiger partial charge on any atom is -0.328 e. The van der Waals surface area contributed by atoms with Crippen LogP contribution in [0, 0.1) is 5.92 Å². The van der Waals surface area contributed by atoms with Crippen LogP contribution in [-0.4, -0.2) is 18.6 Å². The van der Waals surface area contributed by atoms with Crippen molar-refractivity contribution in [3.63, 3.8) is 0 Å². The molecule has 0 radical (unpaired) electrons. The van der Waals surface area contributed by atoms with Crippen LogP contribution in [0.3, 0.4) is 0 Å². The fourth-order valence-electron chi connectivity index (χ4n) is 1.81. The molecule has 2 heteroatoms. The van der Waals surface area contributed by atoms with Gasteiger partial charge in [-0.05, 0) is 31.7 Å². The smallest absolute Gasteiger partial charge is 0.00965 e. The molecule has 0 spiro atoms. The third-order valence-electron chi connectivity index (χ3n) is 2.82. The van der Waals surface area contributed by atoms with Gasteiger partial charge in [0.1, 0.15) is 0 Å². The highest BCUT2D eigenvalue weighted by atomic mass is 14.9. The summed E-state index contributed by atoms with van der Waals surface area (Å²) in [5.41, 5.74) is 5.70. The highest BCUT2D eigenvalue weighted by Gasteiger charge is 2.24. The Balaban J connectivity index is 1.79. The molecule has 0 amide bonds. The van der Waals surface area contributed by atoms with Crippen LogP contribution in [-0.2, 0) is 0 Å². The van der Waals surface area contributed by atoms with E-state index in [1.54, 1.807) is 0 Å². The first-order valence-electron chi connectivity index (χ1n) is 5.67. The van der Waals surface area contributed by atoms with Crippen LogP contribution in [0.1, 0.15) is 46.0 Å². The number of nitrogens with one attached hydrogen (secondary N) is 1. The Morgan fingerprint density at radius 1 is 1.31 bits per heavy atom. The molecule has 0 aromatic rings. The van der Waals surface area contributed by atoms with Gasteiger partial charge in [-0.2, -0.15) is 0 Å². The van der Waals surface area contributed by atoms with E-state index in [0.29, 0.717) is 6.04 Å². The molecule has 1 saturated carbocycles. The number of rotatable bonds is 6. The lowest BCUT2D eigenvalue weighted by Gasteiger charge is -2.33. The van der Waals surface area contributed by atoms with E-state index in [1.807, 2.05) is 0 Å². The summed E-state index contributed by atoms with van der Waals surface area (Å²) in [5, 5.41) is 3.54. The minimum absolute atomic E-state index is 0.480. The predicted molar refractivity (Wildman–Crippen MR) is 57.7 cm³/mol. The van der Waals surface area contributed by atoms with E-state index in [1.165, 1.54) is 38.6 Å². The Morgan fingerprint density at radius 3 is 2.54 bits per heavy atom. The Morgan fingerprint density at radius 2 is 2.00 bits per heavy atom. The van der Waals surface area contributed by atoms with E-state index in [2.05, 4.69) is 19.2 Å². The zero-order valence-electron chi connectivity index (χ0n) is 9.05. The van der Waals surface area contributed by atoms with Gasteiger partial charge in [-0.15, -0.1) is 0 Å². The van der Waals surface area contributed by atoms with E-state index in [9.17, 15) is 0 Å². The first kappa shape index (κ1) is 11.0. The molecule has 1 rings (SSSR count). The van der Waals surface area contributed by atoms with Crippen LogP contribution in [0.4, 0.5) is 0 Å². The van der Waals surface area contributed by atoms with Crippen LogP contribution >= 0.6 is 0 Å².